The van der Waals surface area contributed by atoms with Crippen molar-refractivity contribution < 1.29 is 31.6 Å². The summed E-state index contributed by atoms with van der Waals surface area (Å²) < 4.78 is 39.7. The van der Waals surface area contributed by atoms with Crippen LogP contribution in [0.4, 0.5) is 0 Å². The van der Waals surface area contributed by atoms with E-state index in [1.54, 1.807) is 21.3 Å². The van der Waals surface area contributed by atoms with Crippen LogP contribution in [0, 0.1) is 0 Å². The van der Waals surface area contributed by atoms with Crippen molar-refractivity contribution in [2.75, 3.05) is 41.2 Å². The number of epoxide rings is 1. The Morgan fingerprint density at radius 1 is 1.14 bits per heavy atom. The fourth-order valence-electron chi connectivity index (χ4n) is 3.56. The van der Waals surface area contributed by atoms with E-state index in [4.69, 9.17) is 31.6 Å². The molecule has 0 aromatic heterocycles. The van der Waals surface area contributed by atoms with E-state index in [9.17, 15) is 0 Å². The SMILES string of the molecule is CO[Si](CCCc1ccc2c(c1)CO[Si](C)(CCCOCC1CO1)O2)(OC)OC. The molecule has 0 spiro atoms. The fraction of sp³-hybridized carbons (Fsp3) is 0.700. The lowest BCUT2D eigenvalue weighted by molar-refractivity contribution is 0.114. The zero-order valence-electron chi connectivity index (χ0n) is 18.0. The molecule has 0 radical (unpaired) electrons. The van der Waals surface area contributed by atoms with Gasteiger partial charge in [0.05, 0.1) is 19.8 Å². The van der Waals surface area contributed by atoms with Gasteiger partial charge < -0.3 is 31.6 Å². The second-order valence-corrected chi connectivity index (χ2v) is 14.1. The summed E-state index contributed by atoms with van der Waals surface area (Å²) in [7, 11) is 0.273. The molecule has 1 aromatic rings. The summed E-state index contributed by atoms with van der Waals surface area (Å²) >= 11 is 0. The van der Waals surface area contributed by atoms with Crippen molar-refractivity contribution in [1.29, 1.82) is 0 Å². The molecule has 29 heavy (non-hydrogen) atoms. The lowest BCUT2D eigenvalue weighted by atomic mass is 10.1. The Labute approximate surface area is 176 Å². The number of ether oxygens (including phenoxy) is 2. The van der Waals surface area contributed by atoms with Gasteiger partial charge in [0.15, 0.2) is 0 Å². The van der Waals surface area contributed by atoms with E-state index in [1.807, 2.05) is 0 Å². The molecule has 1 saturated heterocycles. The van der Waals surface area contributed by atoms with Gasteiger partial charge in [-0.2, -0.15) is 0 Å². The topological polar surface area (TPSA) is 67.9 Å². The lowest BCUT2D eigenvalue weighted by Gasteiger charge is -2.33. The first-order valence-corrected chi connectivity index (χ1v) is 14.8. The molecule has 2 aliphatic heterocycles. The van der Waals surface area contributed by atoms with E-state index in [0.717, 1.165) is 55.9 Å². The van der Waals surface area contributed by atoms with E-state index < -0.39 is 17.4 Å². The fourth-order valence-corrected chi connectivity index (χ4v) is 7.50. The third-order valence-corrected chi connectivity index (χ3v) is 11.0. The summed E-state index contributed by atoms with van der Waals surface area (Å²) in [6.45, 7) is 5.03. The highest BCUT2D eigenvalue weighted by molar-refractivity contribution is 6.67. The molecule has 1 aromatic carbocycles. The van der Waals surface area contributed by atoms with Crippen LogP contribution in [0.15, 0.2) is 18.2 Å². The van der Waals surface area contributed by atoms with Gasteiger partial charge in [-0.05, 0) is 43.5 Å². The van der Waals surface area contributed by atoms with Gasteiger partial charge in [-0.1, -0.05) is 6.07 Å². The van der Waals surface area contributed by atoms with E-state index in [1.165, 1.54) is 5.56 Å². The molecule has 0 N–H and O–H groups in total. The summed E-state index contributed by atoms with van der Waals surface area (Å²) in [4.78, 5) is 0. The Kier molecular flexibility index (Phi) is 8.28. The summed E-state index contributed by atoms with van der Waals surface area (Å²) in [6.07, 6.45) is 3.16. The Balaban J connectivity index is 1.45. The zero-order valence-corrected chi connectivity index (χ0v) is 20.0. The molecule has 0 aliphatic carbocycles. The van der Waals surface area contributed by atoms with Gasteiger partial charge in [-0.25, -0.2) is 0 Å². The molecule has 0 amide bonds. The highest BCUT2D eigenvalue weighted by atomic mass is 28.4. The van der Waals surface area contributed by atoms with Crippen molar-refractivity contribution >= 4 is 17.4 Å². The summed E-state index contributed by atoms with van der Waals surface area (Å²) in [5, 5.41) is 0. The van der Waals surface area contributed by atoms with Crippen molar-refractivity contribution in [3.63, 3.8) is 0 Å². The van der Waals surface area contributed by atoms with Crippen LogP contribution in [-0.4, -0.2) is 64.6 Å². The normalized spacial score (nSPS) is 23.5. The number of aryl methyl sites for hydroxylation is 1. The molecule has 9 heteroatoms. The number of benzene rings is 1. The molecule has 7 nitrogen and oxygen atoms in total. The van der Waals surface area contributed by atoms with E-state index >= 15 is 0 Å². The second-order valence-electron chi connectivity index (χ2n) is 7.75. The summed E-state index contributed by atoms with van der Waals surface area (Å²) in [6, 6.07) is 8.15. The molecule has 164 valence electrons. The van der Waals surface area contributed by atoms with Gasteiger partial charge in [0.2, 0.25) is 0 Å². The van der Waals surface area contributed by atoms with Crippen LogP contribution < -0.4 is 4.43 Å². The monoisotopic (exact) mass is 442 g/mol. The van der Waals surface area contributed by atoms with Crippen LogP contribution in [0.2, 0.25) is 18.6 Å². The minimum absolute atomic E-state index is 0.323. The van der Waals surface area contributed by atoms with Gasteiger partial charge in [-0.15, -0.1) is 0 Å². The van der Waals surface area contributed by atoms with E-state index in [-0.39, 0.29) is 0 Å². The highest BCUT2D eigenvalue weighted by Crippen LogP contribution is 2.33. The molecular weight excluding hydrogens is 408 g/mol. The minimum atomic E-state index is -2.50. The third kappa shape index (κ3) is 6.60. The van der Waals surface area contributed by atoms with Crippen LogP contribution >= 0.6 is 0 Å². The maximum Gasteiger partial charge on any atom is 0.500 e. The van der Waals surface area contributed by atoms with E-state index in [0.29, 0.717) is 19.3 Å². The minimum Gasteiger partial charge on any atom is -0.520 e. The molecule has 2 aliphatic rings. The van der Waals surface area contributed by atoms with Crippen molar-refractivity contribution in [1.82, 2.24) is 0 Å². The standard InChI is InChI=1S/C20H34O7Si2/c1-21-29(22-2,23-3)12-5-7-17-8-9-20-18(13-17)14-26-28(4,27-20)11-6-10-24-15-19-16-25-19/h8-9,13,19H,5-7,10-12,14-16H2,1-4H3. The molecular formula is C20H34O7Si2. The number of fused-ring (bicyclic) bond motifs is 1. The van der Waals surface area contributed by atoms with Gasteiger partial charge in [0, 0.05) is 45.6 Å². The average molecular weight is 443 g/mol. The quantitative estimate of drug-likeness (QED) is 0.264. The molecule has 0 bridgehead atoms. The first kappa shape index (κ1) is 22.9. The molecule has 2 unspecified atom stereocenters. The first-order chi connectivity index (χ1) is 14.0. The maximum absolute atomic E-state index is 6.31. The molecule has 3 rings (SSSR count). The van der Waals surface area contributed by atoms with Crippen LogP contribution in [0.25, 0.3) is 0 Å². The van der Waals surface area contributed by atoms with Gasteiger partial charge in [0.1, 0.15) is 11.9 Å². The Hall–Kier alpha value is -0.786. The maximum atomic E-state index is 6.31. The molecule has 0 saturated carbocycles. The molecule has 2 heterocycles. The van der Waals surface area contributed by atoms with Gasteiger partial charge >= 0.3 is 17.4 Å². The number of hydrogen-bond acceptors (Lipinski definition) is 7. The van der Waals surface area contributed by atoms with Crippen LogP contribution in [0.1, 0.15) is 24.0 Å². The Morgan fingerprint density at radius 3 is 2.59 bits per heavy atom. The van der Waals surface area contributed by atoms with Crippen LogP contribution in [0.5, 0.6) is 5.75 Å². The number of rotatable bonds is 13. The van der Waals surface area contributed by atoms with Crippen molar-refractivity contribution in [3.05, 3.63) is 29.3 Å². The predicted octanol–water partition coefficient (Wildman–Crippen LogP) is 3.28. The van der Waals surface area contributed by atoms with Crippen molar-refractivity contribution in [2.24, 2.45) is 0 Å². The average Bonchev–Trinajstić information content (AvgIpc) is 3.56. The smallest absolute Gasteiger partial charge is 0.500 e. The third-order valence-electron chi connectivity index (χ3n) is 5.49. The van der Waals surface area contributed by atoms with Crippen LogP contribution in [0.3, 0.4) is 0 Å². The summed E-state index contributed by atoms with van der Waals surface area (Å²) in [5.41, 5.74) is 2.39. The molecule has 1 fully saturated rings. The second kappa shape index (κ2) is 10.5. The Morgan fingerprint density at radius 2 is 1.90 bits per heavy atom. The zero-order chi connectivity index (χ0) is 20.7. The van der Waals surface area contributed by atoms with Crippen LogP contribution in [-0.2, 0) is 40.2 Å². The largest absolute Gasteiger partial charge is 0.520 e. The van der Waals surface area contributed by atoms with Crippen molar-refractivity contribution in [2.45, 2.75) is 50.6 Å². The summed E-state index contributed by atoms with van der Waals surface area (Å²) in [5.74, 6) is 0.968. The molecule has 2 atom stereocenters. The van der Waals surface area contributed by atoms with Crippen molar-refractivity contribution in [3.8, 4) is 5.75 Å². The van der Waals surface area contributed by atoms with E-state index in [2.05, 4.69) is 24.7 Å². The van der Waals surface area contributed by atoms with Gasteiger partial charge in [-0.3, -0.25) is 0 Å². The predicted molar refractivity (Wildman–Crippen MR) is 113 cm³/mol. The van der Waals surface area contributed by atoms with Gasteiger partial charge in [0.25, 0.3) is 0 Å². The first-order valence-electron chi connectivity index (χ1n) is 10.3. The lowest BCUT2D eigenvalue weighted by Crippen LogP contribution is -2.44. The highest BCUT2D eigenvalue weighted by Gasteiger charge is 2.38. The number of hydrogen-bond donors (Lipinski definition) is 0. The Bertz CT molecular complexity index is 643.